The van der Waals surface area contributed by atoms with Crippen LogP contribution in [0.1, 0.15) is 24.3 Å². The van der Waals surface area contributed by atoms with E-state index in [-0.39, 0.29) is 0 Å². The van der Waals surface area contributed by atoms with Gasteiger partial charge in [-0.15, -0.1) is 5.10 Å². The van der Waals surface area contributed by atoms with Crippen molar-refractivity contribution in [2.24, 2.45) is 0 Å². The van der Waals surface area contributed by atoms with Crippen LogP contribution in [-0.4, -0.2) is 37.6 Å². The molecule has 0 spiro atoms. The quantitative estimate of drug-likeness (QED) is 0.590. The van der Waals surface area contributed by atoms with E-state index in [1.54, 1.807) is 6.20 Å². The van der Waals surface area contributed by atoms with Gasteiger partial charge in [0.25, 0.3) is 0 Å². The van der Waals surface area contributed by atoms with Gasteiger partial charge in [0.1, 0.15) is 5.82 Å². The van der Waals surface area contributed by atoms with Crippen LogP contribution < -0.4 is 5.32 Å². The van der Waals surface area contributed by atoms with E-state index in [0.717, 1.165) is 43.0 Å². The Morgan fingerprint density at radius 3 is 2.59 bits per heavy atom. The molecule has 5 rings (SSSR count). The summed E-state index contributed by atoms with van der Waals surface area (Å²) in [5.41, 5.74) is 3.41. The van der Waals surface area contributed by atoms with Crippen molar-refractivity contribution in [3.63, 3.8) is 0 Å². The Morgan fingerprint density at radius 1 is 1.04 bits per heavy atom. The number of hydrogen-bond acceptors (Lipinski definition) is 4. The average Bonchev–Trinajstić information content (AvgIpc) is 3.35. The normalized spacial score (nSPS) is 15.4. The molecule has 1 saturated heterocycles. The Hall–Kier alpha value is -2.70. The van der Waals surface area contributed by atoms with Crippen LogP contribution in [0, 0.1) is 0 Å². The van der Waals surface area contributed by atoms with Gasteiger partial charge < -0.3 is 5.32 Å². The molecule has 1 aromatic carbocycles. The summed E-state index contributed by atoms with van der Waals surface area (Å²) in [6.07, 6.45) is 9.61. The van der Waals surface area contributed by atoms with Crippen LogP contribution in [-0.2, 0) is 0 Å². The molecule has 1 aliphatic rings. The summed E-state index contributed by atoms with van der Waals surface area (Å²) in [5, 5.41) is 13.8. The summed E-state index contributed by atoms with van der Waals surface area (Å²) in [7, 11) is 0. The lowest BCUT2D eigenvalue weighted by Crippen LogP contribution is -2.27. The number of halogens is 1. The maximum Gasteiger partial charge on any atom is 0.145 e. The third kappa shape index (κ3) is 2.81. The Labute approximate surface area is 161 Å². The van der Waals surface area contributed by atoms with Crippen LogP contribution in [0.5, 0.6) is 0 Å². The first-order valence-electron chi connectivity index (χ1n) is 9.14. The summed E-state index contributed by atoms with van der Waals surface area (Å²) in [6, 6.07) is 9.99. The smallest absolute Gasteiger partial charge is 0.145 e. The number of rotatable bonds is 3. The molecule has 1 N–H and O–H groups in total. The van der Waals surface area contributed by atoms with Crippen molar-refractivity contribution in [3.05, 3.63) is 65.7 Å². The van der Waals surface area contributed by atoms with Crippen molar-refractivity contribution in [2.75, 3.05) is 13.1 Å². The van der Waals surface area contributed by atoms with Crippen LogP contribution >= 0.6 is 11.6 Å². The number of benzene rings is 1. The topological polar surface area (TPSA) is 60.6 Å². The number of pyridine rings is 1. The Kier molecular flexibility index (Phi) is 4.14. The fraction of sp³-hybridized carbons (Fsp3) is 0.250. The molecule has 0 aliphatic carbocycles. The first-order valence-corrected chi connectivity index (χ1v) is 9.52. The second-order valence-corrected chi connectivity index (χ2v) is 7.25. The van der Waals surface area contributed by atoms with Gasteiger partial charge in [0.2, 0.25) is 0 Å². The van der Waals surface area contributed by atoms with Crippen molar-refractivity contribution < 1.29 is 0 Å². The van der Waals surface area contributed by atoms with E-state index in [9.17, 15) is 0 Å². The molecule has 7 heteroatoms. The standard InChI is InChI=1S/C20H19ClN6/c21-15-1-3-16(4-2-15)27-18-13-23-10-7-17(18)19(14-5-8-22-9-6-14)20(27)26-12-11-24-25-26/h1-4,7,10-14,22H,5-6,8-9H2. The average molecular weight is 379 g/mol. The van der Waals surface area contributed by atoms with Gasteiger partial charge in [0.15, 0.2) is 0 Å². The number of fused-ring (bicyclic) bond motifs is 1. The molecule has 0 bridgehead atoms. The largest absolute Gasteiger partial charge is 0.317 e. The van der Waals surface area contributed by atoms with Crippen LogP contribution in [0.25, 0.3) is 22.4 Å². The van der Waals surface area contributed by atoms with Crippen molar-refractivity contribution in [1.29, 1.82) is 0 Å². The lowest BCUT2D eigenvalue weighted by atomic mass is 9.89. The summed E-state index contributed by atoms with van der Waals surface area (Å²) < 4.78 is 4.08. The molecular weight excluding hydrogens is 360 g/mol. The lowest BCUT2D eigenvalue weighted by molar-refractivity contribution is 0.460. The van der Waals surface area contributed by atoms with E-state index in [1.165, 1.54) is 10.9 Å². The maximum absolute atomic E-state index is 6.13. The van der Waals surface area contributed by atoms with Gasteiger partial charge in [-0.2, -0.15) is 0 Å². The minimum atomic E-state index is 0.462. The van der Waals surface area contributed by atoms with Gasteiger partial charge >= 0.3 is 0 Å². The molecule has 27 heavy (non-hydrogen) atoms. The van der Waals surface area contributed by atoms with Gasteiger partial charge in [-0.1, -0.05) is 16.8 Å². The first kappa shape index (κ1) is 16.5. The second-order valence-electron chi connectivity index (χ2n) is 6.81. The van der Waals surface area contributed by atoms with Crippen molar-refractivity contribution in [2.45, 2.75) is 18.8 Å². The van der Waals surface area contributed by atoms with Gasteiger partial charge in [-0.25, -0.2) is 4.68 Å². The van der Waals surface area contributed by atoms with E-state index in [0.29, 0.717) is 10.9 Å². The summed E-state index contributed by atoms with van der Waals surface area (Å²) >= 11 is 6.13. The summed E-state index contributed by atoms with van der Waals surface area (Å²) in [5.74, 6) is 1.49. The van der Waals surface area contributed by atoms with Gasteiger partial charge in [-0.3, -0.25) is 9.55 Å². The molecular formula is C20H19ClN6. The molecule has 6 nitrogen and oxygen atoms in total. The van der Waals surface area contributed by atoms with Crippen LogP contribution in [0.3, 0.4) is 0 Å². The van der Waals surface area contributed by atoms with E-state index in [4.69, 9.17) is 11.6 Å². The first-order chi connectivity index (χ1) is 13.3. The fourth-order valence-corrected chi connectivity index (χ4v) is 4.18. The second kappa shape index (κ2) is 6.79. The molecule has 1 aliphatic heterocycles. The number of aromatic nitrogens is 5. The third-order valence-electron chi connectivity index (χ3n) is 5.26. The monoisotopic (exact) mass is 378 g/mol. The highest BCUT2D eigenvalue weighted by Crippen LogP contribution is 2.39. The number of nitrogens with one attached hydrogen (secondary N) is 1. The highest BCUT2D eigenvalue weighted by atomic mass is 35.5. The van der Waals surface area contributed by atoms with E-state index >= 15 is 0 Å². The van der Waals surface area contributed by atoms with Gasteiger partial charge in [-0.05, 0) is 62.2 Å². The van der Waals surface area contributed by atoms with Crippen LogP contribution in [0.15, 0.2) is 55.1 Å². The van der Waals surface area contributed by atoms with Crippen molar-refractivity contribution in [1.82, 2.24) is 29.9 Å². The Morgan fingerprint density at radius 2 is 1.85 bits per heavy atom. The zero-order valence-electron chi connectivity index (χ0n) is 14.7. The molecule has 3 aromatic heterocycles. The van der Waals surface area contributed by atoms with E-state index in [2.05, 4.69) is 31.2 Å². The number of piperidine rings is 1. The molecule has 136 valence electrons. The predicted octanol–water partition coefficient (Wildman–Crippen LogP) is 3.73. The molecule has 4 heterocycles. The molecule has 0 saturated carbocycles. The zero-order valence-corrected chi connectivity index (χ0v) is 15.5. The summed E-state index contributed by atoms with van der Waals surface area (Å²) in [4.78, 5) is 4.39. The SMILES string of the molecule is Clc1ccc(-n2c(-n3ccnn3)c(C3CCNCC3)c3ccncc32)cc1. The van der Waals surface area contributed by atoms with Gasteiger partial charge in [0.05, 0.1) is 24.1 Å². The molecule has 0 unspecified atom stereocenters. The summed E-state index contributed by atoms with van der Waals surface area (Å²) in [6.45, 7) is 2.06. The van der Waals surface area contributed by atoms with E-state index in [1.807, 2.05) is 47.5 Å². The van der Waals surface area contributed by atoms with Gasteiger partial charge in [0, 0.05) is 27.9 Å². The number of hydrogen-bond donors (Lipinski definition) is 1. The zero-order chi connectivity index (χ0) is 18.2. The lowest BCUT2D eigenvalue weighted by Gasteiger charge is -2.24. The molecule has 0 atom stereocenters. The fourth-order valence-electron chi connectivity index (χ4n) is 4.06. The van der Waals surface area contributed by atoms with Crippen LogP contribution in [0.4, 0.5) is 0 Å². The molecule has 1 fully saturated rings. The number of nitrogens with zero attached hydrogens (tertiary/aromatic N) is 5. The Bertz CT molecular complexity index is 1060. The highest BCUT2D eigenvalue weighted by Gasteiger charge is 2.27. The van der Waals surface area contributed by atoms with Crippen molar-refractivity contribution >= 4 is 22.5 Å². The highest BCUT2D eigenvalue weighted by molar-refractivity contribution is 6.30. The molecule has 0 amide bonds. The Balaban J connectivity index is 1.85. The van der Waals surface area contributed by atoms with Crippen molar-refractivity contribution in [3.8, 4) is 11.5 Å². The minimum Gasteiger partial charge on any atom is -0.317 e. The van der Waals surface area contributed by atoms with E-state index < -0.39 is 0 Å². The molecule has 0 radical (unpaired) electrons. The minimum absolute atomic E-state index is 0.462. The molecule has 4 aromatic rings. The maximum atomic E-state index is 6.13. The van der Waals surface area contributed by atoms with Crippen LogP contribution in [0.2, 0.25) is 5.02 Å². The predicted molar refractivity (Wildman–Crippen MR) is 106 cm³/mol. The third-order valence-corrected chi connectivity index (χ3v) is 5.51.